The van der Waals surface area contributed by atoms with Crippen LogP contribution in [-0.2, 0) is 20.9 Å². The second-order valence-corrected chi connectivity index (χ2v) is 6.42. The fourth-order valence-corrected chi connectivity index (χ4v) is 2.83. The van der Waals surface area contributed by atoms with Gasteiger partial charge in [-0.25, -0.2) is 4.79 Å². The van der Waals surface area contributed by atoms with Crippen LogP contribution in [0.5, 0.6) is 11.5 Å². The van der Waals surface area contributed by atoms with Crippen LogP contribution in [0.4, 0.5) is 0 Å². The predicted molar refractivity (Wildman–Crippen MR) is 119 cm³/mol. The number of ether oxygens (including phenoxy) is 3. The Labute approximate surface area is 181 Å². The van der Waals surface area contributed by atoms with Gasteiger partial charge in [0.2, 0.25) is 0 Å². The summed E-state index contributed by atoms with van der Waals surface area (Å²) in [5.41, 5.74) is 2.66. The first kappa shape index (κ1) is 21.6. The molecular weight excluding hydrogens is 394 g/mol. The second kappa shape index (κ2) is 11.2. The Bertz CT molecular complexity index is 1060. The Morgan fingerprint density at radius 3 is 2.42 bits per heavy atom. The van der Waals surface area contributed by atoms with Gasteiger partial charge < -0.3 is 19.0 Å². The first-order chi connectivity index (χ1) is 15.2. The van der Waals surface area contributed by atoms with E-state index in [0.29, 0.717) is 22.6 Å². The highest BCUT2D eigenvalue weighted by atomic mass is 16.6. The maximum Gasteiger partial charge on any atom is 0.341 e. The first-order valence-corrected chi connectivity index (χ1v) is 9.59. The minimum Gasteiger partial charge on any atom is -0.503 e. The Morgan fingerprint density at radius 1 is 0.903 bits per heavy atom. The van der Waals surface area contributed by atoms with Crippen LogP contribution >= 0.6 is 0 Å². The van der Waals surface area contributed by atoms with E-state index in [1.165, 1.54) is 20.5 Å². The van der Waals surface area contributed by atoms with E-state index in [9.17, 15) is 4.79 Å². The van der Waals surface area contributed by atoms with Crippen molar-refractivity contribution in [3.8, 4) is 11.5 Å². The van der Waals surface area contributed by atoms with Gasteiger partial charge in [-0.05, 0) is 41.0 Å². The van der Waals surface area contributed by atoms with Crippen molar-refractivity contribution in [3.63, 3.8) is 0 Å². The third-order valence-corrected chi connectivity index (χ3v) is 4.30. The van der Waals surface area contributed by atoms with E-state index in [1.807, 2.05) is 78.9 Å². The summed E-state index contributed by atoms with van der Waals surface area (Å²) >= 11 is 0. The van der Waals surface area contributed by atoms with Gasteiger partial charge in [-0.1, -0.05) is 59.8 Å². The highest BCUT2D eigenvalue weighted by Crippen LogP contribution is 2.23. The quantitative estimate of drug-likeness (QED) is 0.164. The lowest BCUT2D eigenvalue weighted by molar-refractivity contribution is -0.133. The highest BCUT2D eigenvalue weighted by Gasteiger charge is 2.16. The van der Waals surface area contributed by atoms with Crippen molar-refractivity contribution in [1.29, 1.82) is 0 Å². The topological polar surface area (TPSA) is 66.4 Å². The zero-order chi connectivity index (χ0) is 21.9. The number of esters is 1. The number of carbonyl (C=O) groups excluding carboxylic acids is 1. The number of carbonyl (C=O) groups is 1. The van der Waals surface area contributed by atoms with E-state index in [2.05, 4.69) is 5.16 Å². The Kier molecular flexibility index (Phi) is 7.83. The monoisotopic (exact) mass is 417 g/mol. The summed E-state index contributed by atoms with van der Waals surface area (Å²) in [4.78, 5) is 17.5. The van der Waals surface area contributed by atoms with Gasteiger partial charge in [0.25, 0.3) is 0 Å². The SMILES string of the molecule is COC=C(C(=O)OC)c1ccccc1COc1cccc(C=NOc2ccccc2)c1. The summed E-state index contributed by atoms with van der Waals surface area (Å²) in [6, 6.07) is 24.2. The molecule has 0 radical (unpaired) electrons. The normalized spacial score (nSPS) is 11.2. The second-order valence-electron chi connectivity index (χ2n) is 6.42. The molecule has 3 aromatic carbocycles. The number of para-hydroxylation sites is 1. The van der Waals surface area contributed by atoms with Crippen LogP contribution in [0.3, 0.4) is 0 Å². The summed E-state index contributed by atoms with van der Waals surface area (Å²) < 4.78 is 15.9. The molecular formula is C25H23NO5. The molecule has 0 bridgehead atoms. The van der Waals surface area contributed by atoms with Crippen molar-refractivity contribution in [1.82, 2.24) is 0 Å². The van der Waals surface area contributed by atoms with E-state index in [-0.39, 0.29) is 6.61 Å². The number of hydrogen-bond donors (Lipinski definition) is 0. The smallest absolute Gasteiger partial charge is 0.341 e. The average Bonchev–Trinajstić information content (AvgIpc) is 2.82. The first-order valence-electron chi connectivity index (χ1n) is 9.59. The van der Waals surface area contributed by atoms with Crippen molar-refractivity contribution in [2.75, 3.05) is 14.2 Å². The Balaban J connectivity index is 1.70. The molecule has 0 unspecified atom stereocenters. The lowest BCUT2D eigenvalue weighted by atomic mass is 10.0. The summed E-state index contributed by atoms with van der Waals surface area (Å²) in [5, 5.41) is 4.00. The van der Waals surface area contributed by atoms with Crippen molar-refractivity contribution in [3.05, 3.63) is 102 Å². The van der Waals surface area contributed by atoms with Crippen molar-refractivity contribution < 1.29 is 23.8 Å². The van der Waals surface area contributed by atoms with Crippen LogP contribution in [0.1, 0.15) is 16.7 Å². The van der Waals surface area contributed by atoms with Gasteiger partial charge in [-0.3, -0.25) is 0 Å². The number of methoxy groups -OCH3 is 2. The molecule has 0 aromatic heterocycles. The molecule has 0 N–H and O–H groups in total. The van der Waals surface area contributed by atoms with E-state index in [4.69, 9.17) is 19.0 Å². The molecule has 0 heterocycles. The largest absolute Gasteiger partial charge is 0.503 e. The van der Waals surface area contributed by atoms with Gasteiger partial charge in [0.1, 0.15) is 17.9 Å². The molecule has 3 aromatic rings. The molecule has 6 heteroatoms. The van der Waals surface area contributed by atoms with E-state index in [0.717, 1.165) is 11.1 Å². The summed E-state index contributed by atoms with van der Waals surface area (Å²) in [7, 11) is 2.82. The van der Waals surface area contributed by atoms with Crippen LogP contribution in [0, 0.1) is 0 Å². The van der Waals surface area contributed by atoms with Crippen LogP contribution in [0.2, 0.25) is 0 Å². The molecule has 0 spiro atoms. The Morgan fingerprint density at radius 2 is 1.65 bits per heavy atom. The van der Waals surface area contributed by atoms with E-state index in [1.54, 1.807) is 6.21 Å². The van der Waals surface area contributed by atoms with Crippen molar-refractivity contribution >= 4 is 17.8 Å². The Hall–Kier alpha value is -4.06. The van der Waals surface area contributed by atoms with Gasteiger partial charge in [-0.2, -0.15) is 0 Å². The summed E-state index contributed by atoms with van der Waals surface area (Å²) in [6.45, 7) is 0.259. The van der Waals surface area contributed by atoms with Gasteiger partial charge in [0, 0.05) is 0 Å². The molecule has 0 amide bonds. The zero-order valence-electron chi connectivity index (χ0n) is 17.4. The maximum atomic E-state index is 12.1. The van der Waals surface area contributed by atoms with E-state index >= 15 is 0 Å². The fraction of sp³-hybridized carbons (Fsp3) is 0.120. The van der Waals surface area contributed by atoms with Gasteiger partial charge in [-0.15, -0.1) is 0 Å². The molecule has 0 aliphatic heterocycles. The summed E-state index contributed by atoms with van der Waals surface area (Å²) in [5.74, 6) is 0.841. The van der Waals surface area contributed by atoms with Crippen molar-refractivity contribution in [2.45, 2.75) is 6.61 Å². The summed E-state index contributed by atoms with van der Waals surface area (Å²) in [6.07, 6.45) is 2.99. The number of benzene rings is 3. The zero-order valence-corrected chi connectivity index (χ0v) is 17.4. The average molecular weight is 417 g/mol. The number of nitrogens with zero attached hydrogens (tertiary/aromatic N) is 1. The van der Waals surface area contributed by atoms with Crippen LogP contribution in [0.25, 0.3) is 5.57 Å². The van der Waals surface area contributed by atoms with Gasteiger partial charge >= 0.3 is 5.97 Å². The number of rotatable bonds is 9. The van der Waals surface area contributed by atoms with Gasteiger partial charge in [0.15, 0.2) is 5.75 Å². The molecule has 0 fully saturated rings. The highest BCUT2D eigenvalue weighted by molar-refractivity contribution is 6.16. The third-order valence-electron chi connectivity index (χ3n) is 4.30. The molecule has 0 saturated carbocycles. The molecule has 0 saturated heterocycles. The standard InChI is InChI=1S/C25H23NO5/c1-28-18-24(25(27)29-2)23-14-7-6-10-20(23)17-30-22-13-8-9-19(15-22)16-26-31-21-11-4-3-5-12-21/h3-16,18H,17H2,1-2H3. The number of oxime groups is 1. The van der Waals surface area contributed by atoms with Crippen LogP contribution in [0.15, 0.2) is 90.3 Å². The molecule has 158 valence electrons. The third kappa shape index (κ3) is 6.21. The molecule has 3 rings (SSSR count). The molecule has 0 aliphatic rings. The van der Waals surface area contributed by atoms with Gasteiger partial charge in [0.05, 0.1) is 26.7 Å². The lowest BCUT2D eigenvalue weighted by Gasteiger charge is -2.13. The molecule has 31 heavy (non-hydrogen) atoms. The minimum absolute atomic E-state index is 0.259. The molecule has 6 nitrogen and oxygen atoms in total. The minimum atomic E-state index is -0.481. The number of hydrogen-bond acceptors (Lipinski definition) is 6. The maximum absolute atomic E-state index is 12.1. The predicted octanol–water partition coefficient (Wildman–Crippen LogP) is 4.84. The van der Waals surface area contributed by atoms with E-state index < -0.39 is 5.97 Å². The lowest BCUT2D eigenvalue weighted by Crippen LogP contribution is -2.08. The van der Waals surface area contributed by atoms with Crippen LogP contribution < -0.4 is 9.57 Å². The molecule has 0 atom stereocenters. The van der Waals surface area contributed by atoms with Crippen molar-refractivity contribution in [2.24, 2.45) is 5.16 Å². The molecule has 0 aliphatic carbocycles. The fourth-order valence-electron chi connectivity index (χ4n) is 2.83. The van der Waals surface area contributed by atoms with Crippen LogP contribution in [-0.4, -0.2) is 26.4 Å².